The first-order chi connectivity index (χ1) is 11.9. The zero-order valence-electron chi connectivity index (χ0n) is 13.5. The van der Waals surface area contributed by atoms with Gasteiger partial charge in [0.1, 0.15) is 0 Å². The summed E-state index contributed by atoms with van der Waals surface area (Å²) < 4.78 is 1.53. The van der Waals surface area contributed by atoms with E-state index in [1.54, 1.807) is 5.56 Å². The Morgan fingerprint density at radius 3 is 2.96 bits per heavy atom. The lowest BCUT2D eigenvalue weighted by atomic mass is 9.78. The van der Waals surface area contributed by atoms with Crippen molar-refractivity contribution < 1.29 is 0 Å². The molecule has 1 saturated heterocycles. The quantitative estimate of drug-likeness (QED) is 0.726. The second-order valence-corrected chi connectivity index (χ2v) is 6.82. The molecule has 5 rings (SSSR count). The molecular weight excluding hydrogens is 300 g/mol. The Morgan fingerprint density at radius 1 is 1.00 bits per heavy atom. The molecule has 0 amide bonds. The zero-order valence-corrected chi connectivity index (χ0v) is 13.5. The number of fused-ring (bicyclic) bond motifs is 2. The van der Waals surface area contributed by atoms with E-state index in [-0.39, 0.29) is 0 Å². The third-order valence-corrected chi connectivity index (χ3v) is 5.53. The SMILES string of the molecule is c1ccc2c(c1)CCC[C@@H]2[C@@H]1CCCN1c1ccc2nnnn2n1. The van der Waals surface area contributed by atoms with Crippen molar-refractivity contribution in [1.82, 2.24) is 25.3 Å². The summed E-state index contributed by atoms with van der Waals surface area (Å²) >= 11 is 0. The van der Waals surface area contributed by atoms with Crippen molar-refractivity contribution in [3.8, 4) is 0 Å². The van der Waals surface area contributed by atoms with Gasteiger partial charge in [-0.1, -0.05) is 24.3 Å². The van der Waals surface area contributed by atoms with Crippen LogP contribution in [0.5, 0.6) is 0 Å². The third kappa shape index (κ3) is 2.17. The minimum Gasteiger partial charge on any atom is -0.352 e. The van der Waals surface area contributed by atoms with E-state index in [0.29, 0.717) is 17.6 Å². The van der Waals surface area contributed by atoms with Crippen molar-refractivity contribution in [3.05, 3.63) is 47.5 Å². The predicted octanol–water partition coefficient (Wildman–Crippen LogP) is 2.61. The molecule has 2 aliphatic rings. The highest BCUT2D eigenvalue weighted by atomic mass is 15.6. The molecule has 3 heterocycles. The van der Waals surface area contributed by atoms with E-state index in [0.717, 1.165) is 12.4 Å². The molecule has 122 valence electrons. The van der Waals surface area contributed by atoms with E-state index in [9.17, 15) is 0 Å². The summed E-state index contributed by atoms with van der Waals surface area (Å²) in [5.74, 6) is 1.59. The Labute approximate surface area is 140 Å². The highest BCUT2D eigenvalue weighted by molar-refractivity contribution is 5.47. The summed E-state index contributed by atoms with van der Waals surface area (Å²) in [6.07, 6.45) is 6.22. The molecule has 3 aromatic rings. The molecule has 2 atom stereocenters. The lowest BCUT2D eigenvalue weighted by molar-refractivity contribution is 0.458. The van der Waals surface area contributed by atoms with Crippen LogP contribution >= 0.6 is 0 Å². The molecule has 0 saturated carbocycles. The minimum absolute atomic E-state index is 0.521. The number of hydrogen-bond acceptors (Lipinski definition) is 5. The summed E-state index contributed by atoms with van der Waals surface area (Å²) in [5, 5.41) is 16.2. The van der Waals surface area contributed by atoms with E-state index in [1.165, 1.54) is 42.3 Å². The molecule has 2 aromatic heterocycles. The standard InChI is InChI=1S/C18H20N6/c1-2-7-14-13(5-1)6-3-8-15(14)16-9-4-12-23(16)18-11-10-17-19-21-22-24(17)20-18/h1-2,5,7,10-11,15-16H,3-4,6,8-9,12H2/t15-,16-/m0/s1. The van der Waals surface area contributed by atoms with Crippen LogP contribution in [0.2, 0.25) is 0 Å². The van der Waals surface area contributed by atoms with Crippen molar-refractivity contribution >= 4 is 11.5 Å². The topological polar surface area (TPSA) is 59.2 Å². The van der Waals surface area contributed by atoms with Gasteiger partial charge in [0, 0.05) is 18.5 Å². The monoisotopic (exact) mass is 320 g/mol. The fraction of sp³-hybridized carbons (Fsp3) is 0.444. The summed E-state index contributed by atoms with van der Waals surface area (Å²) in [6.45, 7) is 1.06. The molecular formula is C18H20N6. The molecule has 0 bridgehead atoms. The van der Waals surface area contributed by atoms with Crippen LogP contribution in [0.15, 0.2) is 36.4 Å². The first-order valence-electron chi connectivity index (χ1n) is 8.80. The van der Waals surface area contributed by atoms with E-state index >= 15 is 0 Å². The van der Waals surface area contributed by atoms with Crippen LogP contribution in [0, 0.1) is 0 Å². The van der Waals surface area contributed by atoms with Crippen LogP contribution in [-0.4, -0.2) is 37.8 Å². The Bertz CT molecular complexity index is 873. The van der Waals surface area contributed by atoms with Gasteiger partial charge in [-0.05, 0) is 65.8 Å². The smallest absolute Gasteiger partial charge is 0.200 e. The summed E-state index contributed by atoms with van der Waals surface area (Å²) in [6, 6.07) is 13.5. The molecule has 1 fully saturated rings. The van der Waals surface area contributed by atoms with Gasteiger partial charge in [-0.15, -0.1) is 14.8 Å². The second kappa shape index (κ2) is 5.54. The van der Waals surface area contributed by atoms with Gasteiger partial charge in [0.15, 0.2) is 11.5 Å². The molecule has 1 aromatic carbocycles. The number of nitrogens with zero attached hydrogens (tertiary/aromatic N) is 6. The third-order valence-electron chi connectivity index (χ3n) is 5.53. The Balaban J connectivity index is 1.51. The summed E-state index contributed by atoms with van der Waals surface area (Å²) in [5.41, 5.74) is 3.77. The fourth-order valence-electron chi connectivity index (χ4n) is 4.48. The zero-order chi connectivity index (χ0) is 15.9. The van der Waals surface area contributed by atoms with Gasteiger partial charge in [-0.2, -0.15) is 0 Å². The molecule has 0 spiro atoms. The van der Waals surface area contributed by atoms with E-state index in [1.807, 2.05) is 6.07 Å². The minimum atomic E-state index is 0.521. The van der Waals surface area contributed by atoms with Crippen LogP contribution in [-0.2, 0) is 6.42 Å². The largest absolute Gasteiger partial charge is 0.352 e. The normalized spacial score (nSPS) is 23.6. The maximum atomic E-state index is 4.62. The van der Waals surface area contributed by atoms with Gasteiger partial charge in [0.05, 0.1) is 0 Å². The van der Waals surface area contributed by atoms with Gasteiger partial charge < -0.3 is 4.90 Å². The van der Waals surface area contributed by atoms with Crippen LogP contribution < -0.4 is 4.90 Å². The average Bonchev–Trinajstić information content (AvgIpc) is 3.29. The predicted molar refractivity (Wildman–Crippen MR) is 91.1 cm³/mol. The first kappa shape index (κ1) is 13.9. The fourth-order valence-corrected chi connectivity index (χ4v) is 4.48. The van der Waals surface area contributed by atoms with Crippen molar-refractivity contribution in [2.24, 2.45) is 0 Å². The molecule has 1 aliphatic carbocycles. The molecule has 0 radical (unpaired) electrons. The van der Waals surface area contributed by atoms with Gasteiger partial charge >= 0.3 is 0 Å². The maximum Gasteiger partial charge on any atom is 0.200 e. The van der Waals surface area contributed by atoms with E-state index in [4.69, 9.17) is 0 Å². The van der Waals surface area contributed by atoms with Gasteiger partial charge in [0.25, 0.3) is 0 Å². The van der Waals surface area contributed by atoms with Crippen molar-refractivity contribution in [1.29, 1.82) is 0 Å². The number of anilines is 1. The number of aromatic nitrogens is 5. The number of hydrogen-bond donors (Lipinski definition) is 0. The molecule has 0 N–H and O–H groups in total. The number of aryl methyl sites for hydroxylation is 1. The van der Waals surface area contributed by atoms with E-state index in [2.05, 4.69) is 55.9 Å². The average molecular weight is 320 g/mol. The van der Waals surface area contributed by atoms with Gasteiger partial charge in [0.2, 0.25) is 0 Å². The lowest BCUT2D eigenvalue weighted by Crippen LogP contribution is -2.36. The number of rotatable bonds is 2. The van der Waals surface area contributed by atoms with Crippen molar-refractivity contribution in [2.75, 3.05) is 11.4 Å². The molecule has 6 heteroatoms. The van der Waals surface area contributed by atoms with Crippen LogP contribution in [0.1, 0.15) is 42.7 Å². The molecule has 6 nitrogen and oxygen atoms in total. The van der Waals surface area contributed by atoms with E-state index < -0.39 is 0 Å². The van der Waals surface area contributed by atoms with Crippen LogP contribution in [0.3, 0.4) is 0 Å². The first-order valence-corrected chi connectivity index (χ1v) is 8.80. The maximum absolute atomic E-state index is 4.62. The van der Waals surface area contributed by atoms with Crippen LogP contribution in [0.25, 0.3) is 5.65 Å². The molecule has 0 unspecified atom stereocenters. The number of benzene rings is 1. The highest BCUT2D eigenvalue weighted by Gasteiger charge is 2.35. The molecule has 1 aliphatic heterocycles. The summed E-state index contributed by atoms with van der Waals surface area (Å²) in [4.78, 5) is 2.47. The Kier molecular flexibility index (Phi) is 3.21. The van der Waals surface area contributed by atoms with Crippen molar-refractivity contribution in [2.45, 2.75) is 44.1 Å². The van der Waals surface area contributed by atoms with Gasteiger partial charge in [-0.25, -0.2) is 0 Å². The summed E-state index contributed by atoms with van der Waals surface area (Å²) in [7, 11) is 0. The van der Waals surface area contributed by atoms with Crippen LogP contribution in [0.4, 0.5) is 5.82 Å². The second-order valence-electron chi connectivity index (χ2n) is 6.82. The lowest BCUT2D eigenvalue weighted by Gasteiger charge is -2.36. The molecule has 24 heavy (non-hydrogen) atoms. The number of tetrazole rings is 1. The Morgan fingerprint density at radius 2 is 1.96 bits per heavy atom. The van der Waals surface area contributed by atoms with Gasteiger partial charge in [-0.3, -0.25) is 0 Å². The Hall–Kier alpha value is -2.50. The van der Waals surface area contributed by atoms with Crippen molar-refractivity contribution in [3.63, 3.8) is 0 Å². The highest BCUT2D eigenvalue weighted by Crippen LogP contribution is 2.40.